The second-order valence-electron chi connectivity index (χ2n) is 6.98. The maximum absolute atomic E-state index is 12.9. The maximum Gasteiger partial charge on any atom is 0.333 e. The number of piperazine rings is 1. The molecule has 0 bridgehead atoms. The first kappa shape index (κ1) is 21.1. The van der Waals surface area contributed by atoms with Gasteiger partial charge in [-0.25, -0.2) is 13.1 Å². The fourth-order valence-corrected chi connectivity index (χ4v) is 5.05. The number of benzene rings is 1. The molecule has 31 heavy (non-hydrogen) atoms. The van der Waals surface area contributed by atoms with Crippen LogP contribution in [-0.4, -0.2) is 58.5 Å². The standard InChI is InChI=1S/C19H20F2N6O3S/c1-14-16(13-22-26(14)19(20)21)31(29,30)25-11-9-24(10-12-25)17-7-8-18(28)27(23-17)15-5-3-2-4-6-15/h2-8,13,19H,9-12H2,1H3. The van der Waals surface area contributed by atoms with Crippen LogP contribution in [0, 0.1) is 6.92 Å². The number of sulfonamides is 1. The number of halogens is 2. The summed E-state index contributed by atoms with van der Waals surface area (Å²) in [6.07, 6.45) is 0.959. The molecule has 1 saturated heterocycles. The van der Waals surface area contributed by atoms with Crippen LogP contribution >= 0.6 is 0 Å². The first-order valence-electron chi connectivity index (χ1n) is 9.52. The molecule has 3 heterocycles. The lowest BCUT2D eigenvalue weighted by Crippen LogP contribution is -2.49. The minimum Gasteiger partial charge on any atom is -0.353 e. The SMILES string of the molecule is Cc1c(S(=O)(=O)N2CCN(c3ccc(=O)n(-c4ccccc4)n3)CC2)cnn1C(F)F. The van der Waals surface area contributed by atoms with Crippen molar-refractivity contribution in [3.8, 4) is 5.69 Å². The van der Waals surface area contributed by atoms with Crippen LogP contribution in [-0.2, 0) is 10.0 Å². The van der Waals surface area contributed by atoms with Gasteiger partial charge in [-0.3, -0.25) is 4.79 Å². The smallest absolute Gasteiger partial charge is 0.333 e. The molecule has 1 aliphatic heterocycles. The summed E-state index contributed by atoms with van der Waals surface area (Å²) in [4.78, 5) is 13.9. The van der Waals surface area contributed by atoms with Crippen molar-refractivity contribution in [2.45, 2.75) is 18.4 Å². The minimum absolute atomic E-state index is 0.103. The monoisotopic (exact) mass is 450 g/mol. The molecule has 0 radical (unpaired) electrons. The quantitative estimate of drug-likeness (QED) is 0.587. The van der Waals surface area contributed by atoms with Crippen molar-refractivity contribution in [2.75, 3.05) is 31.1 Å². The number of hydrogen-bond acceptors (Lipinski definition) is 6. The first-order valence-corrected chi connectivity index (χ1v) is 11.0. The van der Waals surface area contributed by atoms with E-state index in [1.165, 1.54) is 22.0 Å². The predicted molar refractivity (Wildman–Crippen MR) is 109 cm³/mol. The van der Waals surface area contributed by atoms with E-state index in [2.05, 4.69) is 10.2 Å². The molecule has 0 atom stereocenters. The molecular formula is C19H20F2N6O3S. The van der Waals surface area contributed by atoms with Gasteiger partial charge in [-0.05, 0) is 25.1 Å². The Kier molecular flexibility index (Phi) is 5.58. The van der Waals surface area contributed by atoms with Crippen molar-refractivity contribution in [3.05, 3.63) is 64.7 Å². The van der Waals surface area contributed by atoms with Gasteiger partial charge in [-0.2, -0.15) is 22.9 Å². The van der Waals surface area contributed by atoms with E-state index in [0.717, 1.165) is 6.20 Å². The van der Waals surface area contributed by atoms with Crippen LogP contribution in [0.5, 0.6) is 0 Å². The third-order valence-electron chi connectivity index (χ3n) is 5.15. The van der Waals surface area contributed by atoms with Crippen LogP contribution in [0.1, 0.15) is 12.2 Å². The Morgan fingerprint density at radius 2 is 1.68 bits per heavy atom. The van der Waals surface area contributed by atoms with Crippen LogP contribution in [0.2, 0.25) is 0 Å². The molecule has 0 amide bonds. The first-order chi connectivity index (χ1) is 14.8. The summed E-state index contributed by atoms with van der Waals surface area (Å²) in [5.74, 6) is 0.544. The van der Waals surface area contributed by atoms with Gasteiger partial charge in [0.2, 0.25) is 10.0 Å². The largest absolute Gasteiger partial charge is 0.353 e. The lowest BCUT2D eigenvalue weighted by atomic mass is 10.3. The molecule has 0 spiro atoms. The average molecular weight is 450 g/mol. The summed E-state index contributed by atoms with van der Waals surface area (Å²) in [6.45, 7) is -0.643. The van der Waals surface area contributed by atoms with Crippen molar-refractivity contribution in [1.29, 1.82) is 0 Å². The molecule has 4 rings (SSSR count). The van der Waals surface area contributed by atoms with Crippen molar-refractivity contribution >= 4 is 15.8 Å². The number of nitrogens with zero attached hydrogens (tertiary/aromatic N) is 6. The summed E-state index contributed by atoms with van der Waals surface area (Å²) in [5.41, 5.74) is 0.249. The molecule has 2 aromatic heterocycles. The van der Waals surface area contributed by atoms with Gasteiger partial charge in [-0.1, -0.05) is 18.2 Å². The van der Waals surface area contributed by atoms with E-state index in [-0.39, 0.29) is 29.2 Å². The van der Waals surface area contributed by atoms with Gasteiger partial charge < -0.3 is 4.90 Å². The molecular weight excluding hydrogens is 430 g/mol. The second-order valence-corrected chi connectivity index (χ2v) is 8.89. The van der Waals surface area contributed by atoms with Crippen LogP contribution in [0.15, 0.2) is 58.4 Å². The number of aromatic nitrogens is 4. The lowest BCUT2D eigenvalue weighted by molar-refractivity contribution is 0.0541. The number of rotatable bonds is 5. The predicted octanol–water partition coefficient (Wildman–Crippen LogP) is 1.64. The van der Waals surface area contributed by atoms with Gasteiger partial charge in [0.05, 0.1) is 17.6 Å². The van der Waals surface area contributed by atoms with E-state index in [4.69, 9.17) is 0 Å². The average Bonchev–Trinajstić information content (AvgIpc) is 3.17. The highest BCUT2D eigenvalue weighted by molar-refractivity contribution is 7.89. The number of alkyl halides is 2. The van der Waals surface area contributed by atoms with E-state index >= 15 is 0 Å². The van der Waals surface area contributed by atoms with Crippen molar-refractivity contribution in [1.82, 2.24) is 23.9 Å². The molecule has 164 valence electrons. The Hall–Kier alpha value is -3.12. The van der Waals surface area contributed by atoms with Gasteiger partial charge in [0, 0.05) is 32.2 Å². The van der Waals surface area contributed by atoms with Crippen LogP contribution in [0.4, 0.5) is 14.6 Å². The van der Waals surface area contributed by atoms with Crippen molar-refractivity contribution in [2.24, 2.45) is 0 Å². The zero-order chi connectivity index (χ0) is 22.2. The Bertz CT molecular complexity index is 1240. The summed E-state index contributed by atoms with van der Waals surface area (Å²) in [5, 5.41) is 7.91. The Balaban J connectivity index is 1.52. The van der Waals surface area contributed by atoms with E-state index < -0.39 is 16.6 Å². The normalized spacial score (nSPS) is 15.5. The molecule has 1 aliphatic rings. The highest BCUT2D eigenvalue weighted by Gasteiger charge is 2.32. The summed E-state index contributed by atoms with van der Waals surface area (Å²) in [6, 6.07) is 12.0. The van der Waals surface area contributed by atoms with Gasteiger partial charge in [-0.15, -0.1) is 5.10 Å². The fraction of sp³-hybridized carbons (Fsp3) is 0.316. The lowest BCUT2D eigenvalue weighted by Gasteiger charge is -2.34. The fourth-order valence-electron chi connectivity index (χ4n) is 3.48. The Labute approximate surface area is 177 Å². The Morgan fingerprint density at radius 3 is 2.29 bits per heavy atom. The van der Waals surface area contributed by atoms with Gasteiger partial charge in [0.1, 0.15) is 10.7 Å². The molecule has 1 aromatic carbocycles. The summed E-state index contributed by atoms with van der Waals surface area (Å²) in [7, 11) is -3.95. The summed E-state index contributed by atoms with van der Waals surface area (Å²) < 4.78 is 54.7. The van der Waals surface area contributed by atoms with Crippen LogP contribution < -0.4 is 10.5 Å². The van der Waals surface area contributed by atoms with Gasteiger partial charge in [0.25, 0.3) is 5.56 Å². The molecule has 0 saturated carbocycles. The topological polar surface area (TPSA) is 93.3 Å². The van der Waals surface area contributed by atoms with E-state index in [1.807, 2.05) is 11.0 Å². The molecule has 1 fully saturated rings. The number of anilines is 1. The molecule has 12 heteroatoms. The second kappa shape index (κ2) is 8.19. The van der Waals surface area contributed by atoms with Crippen molar-refractivity contribution in [3.63, 3.8) is 0 Å². The summed E-state index contributed by atoms with van der Waals surface area (Å²) >= 11 is 0. The highest BCUT2D eigenvalue weighted by Crippen LogP contribution is 2.24. The molecule has 0 unspecified atom stereocenters. The molecule has 0 N–H and O–H groups in total. The highest BCUT2D eigenvalue weighted by atomic mass is 32.2. The zero-order valence-electron chi connectivity index (χ0n) is 16.6. The Morgan fingerprint density at radius 1 is 1.00 bits per heavy atom. The molecule has 9 nitrogen and oxygen atoms in total. The van der Waals surface area contributed by atoms with Gasteiger partial charge >= 0.3 is 6.55 Å². The van der Waals surface area contributed by atoms with E-state index in [0.29, 0.717) is 29.3 Å². The van der Waals surface area contributed by atoms with E-state index in [9.17, 15) is 22.0 Å². The third kappa shape index (κ3) is 3.95. The maximum atomic E-state index is 12.9. The molecule has 3 aromatic rings. The third-order valence-corrected chi connectivity index (χ3v) is 7.15. The number of hydrogen-bond donors (Lipinski definition) is 0. The van der Waals surface area contributed by atoms with E-state index in [1.54, 1.807) is 30.3 Å². The van der Waals surface area contributed by atoms with Crippen LogP contribution in [0.3, 0.4) is 0 Å². The van der Waals surface area contributed by atoms with Crippen LogP contribution in [0.25, 0.3) is 5.69 Å². The zero-order valence-corrected chi connectivity index (χ0v) is 17.4. The number of para-hydroxylation sites is 1. The van der Waals surface area contributed by atoms with Crippen molar-refractivity contribution < 1.29 is 17.2 Å². The molecule has 0 aliphatic carbocycles. The minimum atomic E-state index is -3.95. The van der Waals surface area contributed by atoms with Gasteiger partial charge in [0.15, 0.2) is 0 Å².